The first-order valence-electron chi connectivity index (χ1n) is 10.0. The molecule has 1 aromatic heterocycles. The molecule has 0 saturated carbocycles. The molecule has 30 heavy (non-hydrogen) atoms. The number of para-hydroxylation sites is 1. The number of fused-ring (bicyclic) bond motifs is 3. The fourth-order valence-corrected chi connectivity index (χ4v) is 5.05. The first-order valence-corrected chi connectivity index (χ1v) is 10.0. The Morgan fingerprint density at radius 3 is 2.73 bits per heavy atom. The molecule has 0 atom stereocenters. The summed E-state index contributed by atoms with van der Waals surface area (Å²) in [5.41, 5.74) is 1.67. The molecule has 2 N–H and O–H groups in total. The molecule has 2 aliphatic heterocycles. The van der Waals surface area contributed by atoms with Crippen molar-refractivity contribution in [3.8, 4) is 0 Å². The summed E-state index contributed by atoms with van der Waals surface area (Å²) in [4.78, 5) is 23.9. The van der Waals surface area contributed by atoms with Crippen molar-refractivity contribution in [2.75, 3.05) is 36.5 Å². The van der Waals surface area contributed by atoms with Gasteiger partial charge in [0, 0.05) is 55.0 Å². The minimum atomic E-state index is -0.565. The molecule has 0 bridgehead atoms. The summed E-state index contributed by atoms with van der Waals surface area (Å²) in [6.07, 6.45) is 1.33. The van der Waals surface area contributed by atoms with Crippen LogP contribution in [-0.4, -0.2) is 41.8 Å². The van der Waals surface area contributed by atoms with E-state index in [1.54, 1.807) is 18.2 Å². The Labute approximate surface area is 171 Å². The Morgan fingerprint density at radius 1 is 1.23 bits per heavy atom. The lowest BCUT2D eigenvalue weighted by molar-refractivity contribution is 0.283. The molecule has 0 amide bonds. The van der Waals surface area contributed by atoms with E-state index in [2.05, 4.69) is 9.97 Å². The molecule has 6 nitrogen and oxygen atoms in total. The quantitative estimate of drug-likeness (QED) is 0.677. The number of aliphatic hydroxyl groups is 1. The van der Waals surface area contributed by atoms with Crippen molar-refractivity contribution in [1.29, 1.82) is 0 Å². The Morgan fingerprint density at radius 2 is 2.00 bits per heavy atom. The van der Waals surface area contributed by atoms with Crippen LogP contribution in [0.4, 0.5) is 20.4 Å². The summed E-state index contributed by atoms with van der Waals surface area (Å²) in [7, 11) is 1.86. The van der Waals surface area contributed by atoms with Crippen LogP contribution in [0.2, 0.25) is 0 Å². The van der Waals surface area contributed by atoms with Crippen LogP contribution in [0.15, 0.2) is 35.1 Å². The van der Waals surface area contributed by atoms with Crippen LogP contribution >= 0.6 is 0 Å². The number of aromatic amines is 1. The monoisotopic (exact) mass is 412 g/mol. The standard InChI is InChI=1S/C22H22F2N4O2/c1-27-12-22(18-16(24)9-14(23)10-17(18)27)5-7-28(8-6-22)21-25-19-13(11-29)3-2-4-15(19)20(30)26-21/h2-4,9-10,29H,5-8,11-12H2,1H3,(H,25,26,30). The maximum atomic E-state index is 14.7. The number of anilines is 2. The van der Waals surface area contributed by atoms with Crippen LogP contribution in [-0.2, 0) is 12.0 Å². The van der Waals surface area contributed by atoms with Gasteiger partial charge in [-0.15, -0.1) is 0 Å². The zero-order chi connectivity index (χ0) is 21.0. The third kappa shape index (κ3) is 2.78. The van der Waals surface area contributed by atoms with Gasteiger partial charge in [0.1, 0.15) is 11.6 Å². The Bertz CT molecular complexity index is 1200. The molecular formula is C22H22F2N4O2. The fraction of sp³-hybridized carbons (Fsp3) is 0.364. The van der Waals surface area contributed by atoms with Gasteiger partial charge in [0.15, 0.2) is 0 Å². The van der Waals surface area contributed by atoms with Gasteiger partial charge in [-0.3, -0.25) is 9.78 Å². The summed E-state index contributed by atoms with van der Waals surface area (Å²) in [6.45, 7) is 1.60. The maximum absolute atomic E-state index is 14.7. The van der Waals surface area contributed by atoms with Gasteiger partial charge in [-0.05, 0) is 25.0 Å². The number of nitrogens with zero attached hydrogens (tertiary/aromatic N) is 3. The van der Waals surface area contributed by atoms with Gasteiger partial charge in [0.2, 0.25) is 5.95 Å². The highest BCUT2D eigenvalue weighted by Crippen LogP contribution is 2.48. The van der Waals surface area contributed by atoms with Gasteiger partial charge in [-0.1, -0.05) is 12.1 Å². The first-order chi connectivity index (χ1) is 14.4. The average Bonchev–Trinajstić information content (AvgIpc) is 2.99. The molecule has 2 aliphatic rings. The predicted octanol–water partition coefficient (Wildman–Crippen LogP) is 2.68. The minimum Gasteiger partial charge on any atom is -0.392 e. The molecule has 0 radical (unpaired) electrons. The predicted molar refractivity (Wildman–Crippen MR) is 111 cm³/mol. The number of rotatable bonds is 2. The zero-order valence-electron chi connectivity index (χ0n) is 16.6. The van der Waals surface area contributed by atoms with Crippen LogP contribution in [0.1, 0.15) is 24.0 Å². The van der Waals surface area contributed by atoms with Crippen molar-refractivity contribution in [2.24, 2.45) is 0 Å². The zero-order valence-corrected chi connectivity index (χ0v) is 16.6. The largest absolute Gasteiger partial charge is 0.392 e. The summed E-state index contributed by atoms with van der Waals surface area (Å²) >= 11 is 0. The van der Waals surface area contributed by atoms with Gasteiger partial charge >= 0.3 is 0 Å². The number of piperidine rings is 1. The molecule has 8 heteroatoms. The molecule has 1 spiro atoms. The lowest BCUT2D eigenvalue weighted by Crippen LogP contribution is -2.46. The summed E-state index contributed by atoms with van der Waals surface area (Å²) in [5, 5.41) is 10.0. The van der Waals surface area contributed by atoms with Gasteiger partial charge in [0.05, 0.1) is 17.5 Å². The van der Waals surface area contributed by atoms with E-state index < -0.39 is 11.6 Å². The molecule has 5 rings (SSSR count). The van der Waals surface area contributed by atoms with Crippen molar-refractivity contribution < 1.29 is 13.9 Å². The second-order valence-electron chi connectivity index (χ2n) is 8.27. The molecule has 1 saturated heterocycles. The van der Waals surface area contributed by atoms with Crippen molar-refractivity contribution in [1.82, 2.24) is 9.97 Å². The third-order valence-electron chi connectivity index (χ3n) is 6.51. The highest BCUT2D eigenvalue weighted by atomic mass is 19.1. The Hall–Kier alpha value is -3.00. The Kier molecular flexibility index (Phi) is 4.28. The maximum Gasteiger partial charge on any atom is 0.260 e. The third-order valence-corrected chi connectivity index (χ3v) is 6.51. The number of nitrogens with one attached hydrogen (secondary N) is 1. The van der Waals surface area contributed by atoms with E-state index in [-0.39, 0.29) is 17.6 Å². The van der Waals surface area contributed by atoms with E-state index >= 15 is 0 Å². The molecule has 0 aliphatic carbocycles. The Balaban J connectivity index is 1.48. The van der Waals surface area contributed by atoms with Crippen LogP contribution in [0.5, 0.6) is 0 Å². The molecule has 156 valence electrons. The number of aliphatic hydroxyl groups excluding tert-OH is 1. The molecule has 3 heterocycles. The number of aromatic nitrogens is 2. The number of hydrogen-bond donors (Lipinski definition) is 2. The van der Waals surface area contributed by atoms with E-state index in [4.69, 9.17) is 0 Å². The number of benzene rings is 2. The minimum absolute atomic E-state index is 0.199. The molecule has 2 aromatic carbocycles. The molecule has 1 fully saturated rings. The molecule has 3 aromatic rings. The number of hydrogen-bond acceptors (Lipinski definition) is 5. The molecular weight excluding hydrogens is 390 g/mol. The van der Waals surface area contributed by atoms with E-state index in [0.29, 0.717) is 66.1 Å². The van der Waals surface area contributed by atoms with Gasteiger partial charge in [-0.2, -0.15) is 0 Å². The highest BCUT2D eigenvalue weighted by molar-refractivity contribution is 5.81. The van der Waals surface area contributed by atoms with Crippen molar-refractivity contribution >= 4 is 22.5 Å². The second kappa shape index (κ2) is 6.77. The van der Waals surface area contributed by atoms with Gasteiger partial charge in [-0.25, -0.2) is 13.8 Å². The van der Waals surface area contributed by atoms with Crippen molar-refractivity contribution in [3.05, 3.63) is 63.4 Å². The lowest BCUT2D eigenvalue weighted by atomic mass is 9.74. The summed E-state index contributed by atoms with van der Waals surface area (Å²) in [6, 6.07) is 7.52. The topological polar surface area (TPSA) is 72.5 Å². The SMILES string of the molecule is CN1CC2(CCN(c3nc4c(CO)cccc4c(=O)[nH]3)CC2)c2c(F)cc(F)cc21. The normalized spacial score (nSPS) is 17.7. The average molecular weight is 412 g/mol. The number of likely N-dealkylation sites (N-methyl/N-ethyl adjacent to an activating group) is 1. The van der Waals surface area contributed by atoms with Crippen LogP contribution in [0.3, 0.4) is 0 Å². The summed E-state index contributed by atoms with van der Waals surface area (Å²) in [5.74, 6) is -0.604. The smallest absolute Gasteiger partial charge is 0.260 e. The van der Waals surface area contributed by atoms with Crippen LogP contribution in [0, 0.1) is 11.6 Å². The highest BCUT2D eigenvalue weighted by Gasteiger charge is 2.46. The number of H-pyrrole nitrogens is 1. The van der Waals surface area contributed by atoms with Gasteiger partial charge < -0.3 is 14.9 Å². The molecule has 0 unspecified atom stereocenters. The number of halogens is 2. The van der Waals surface area contributed by atoms with Gasteiger partial charge in [0.25, 0.3) is 5.56 Å². The van der Waals surface area contributed by atoms with E-state index in [1.165, 1.54) is 6.07 Å². The van der Waals surface area contributed by atoms with Crippen molar-refractivity contribution in [3.63, 3.8) is 0 Å². The van der Waals surface area contributed by atoms with Crippen LogP contribution < -0.4 is 15.4 Å². The van der Waals surface area contributed by atoms with E-state index in [0.717, 1.165) is 6.07 Å². The fourth-order valence-electron chi connectivity index (χ4n) is 5.05. The lowest BCUT2D eigenvalue weighted by Gasteiger charge is -2.40. The van der Waals surface area contributed by atoms with E-state index in [9.17, 15) is 18.7 Å². The van der Waals surface area contributed by atoms with E-state index in [1.807, 2.05) is 16.8 Å². The van der Waals surface area contributed by atoms with Crippen molar-refractivity contribution in [2.45, 2.75) is 24.9 Å². The van der Waals surface area contributed by atoms with Crippen LogP contribution in [0.25, 0.3) is 10.9 Å². The second-order valence-corrected chi connectivity index (χ2v) is 8.27. The first kappa shape index (κ1) is 19.0. The summed E-state index contributed by atoms with van der Waals surface area (Å²) < 4.78 is 28.4.